The van der Waals surface area contributed by atoms with Gasteiger partial charge in [-0.05, 0) is 48.7 Å². The molecule has 2 fully saturated rings. The van der Waals surface area contributed by atoms with E-state index in [1.165, 1.54) is 5.57 Å². The van der Waals surface area contributed by atoms with Crippen LogP contribution in [-0.4, -0.2) is 24.4 Å². The lowest BCUT2D eigenvalue weighted by Crippen LogP contribution is -2.46. The fourth-order valence-electron chi connectivity index (χ4n) is 4.46. The van der Waals surface area contributed by atoms with Crippen molar-refractivity contribution in [2.24, 2.45) is 17.3 Å². The Labute approximate surface area is 120 Å². The van der Waals surface area contributed by atoms with E-state index in [-0.39, 0.29) is 11.3 Å². The monoisotopic (exact) mass is 280 g/mol. The van der Waals surface area contributed by atoms with Crippen molar-refractivity contribution < 1.29 is 19.6 Å². The van der Waals surface area contributed by atoms with Gasteiger partial charge in [0.25, 0.3) is 0 Å². The Balaban J connectivity index is 2.02. The minimum absolute atomic E-state index is 0.151. The van der Waals surface area contributed by atoms with Gasteiger partial charge in [-0.2, -0.15) is 0 Å². The molecule has 1 heterocycles. The Morgan fingerprint density at radius 3 is 2.90 bits per heavy atom. The lowest BCUT2D eigenvalue weighted by Gasteiger charge is -2.46. The molecule has 2 aliphatic carbocycles. The lowest BCUT2D eigenvalue weighted by atomic mass is 9.62. The smallest absolute Gasteiger partial charge is 0.213 e. The van der Waals surface area contributed by atoms with E-state index in [1.807, 2.05) is 6.08 Å². The zero-order chi connectivity index (χ0) is 14.5. The molecule has 3 aliphatic rings. The van der Waals surface area contributed by atoms with Gasteiger partial charge < -0.3 is 9.47 Å². The molecule has 2 bridgehead atoms. The molecule has 5 atom stereocenters. The third-order valence-corrected chi connectivity index (χ3v) is 5.67. The van der Waals surface area contributed by atoms with Crippen LogP contribution in [0.2, 0.25) is 0 Å². The van der Waals surface area contributed by atoms with Gasteiger partial charge in [-0.3, -0.25) is 0 Å². The molecule has 0 amide bonds. The number of hydrogen-bond donors (Lipinski definition) is 1. The molecule has 5 unspecified atom stereocenters. The van der Waals surface area contributed by atoms with E-state index >= 15 is 0 Å². The molecule has 4 heteroatoms. The molecular formula is C16H24O4. The Bertz CT molecular complexity index is 457. The average Bonchev–Trinajstić information content (AvgIpc) is 2.77. The molecule has 1 N–H and O–H groups in total. The van der Waals surface area contributed by atoms with Crippen molar-refractivity contribution in [1.82, 2.24) is 0 Å². The van der Waals surface area contributed by atoms with Crippen molar-refractivity contribution in [2.75, 3.05) is 7.11 Å². The van der Waals surface area contributed by atoms with E-state index in [4.69, 9.17) is 14.7 Å². The minimum Gasteiger partial charge on any atom is -0.349 e. The first-order chi connectivity index (χ1) is 9.45. The summed E-state index contributed by atoms with van der Waals surface area (Å²) in [4.78, 5) is 4.39. The fourth-order valence-corrected chi connectivity index (χ4v) is 4.46. The highest BCUT2D eigenvalue weighted by Gasteiger charge is 2.56. The number of methoxy groups -OCH3 is 1. The van der Waals surface area contributed by atoms with E-state index in [0.717, 1.165) is 31.3 Å². The van der Waals surface area contributed by atoms with Crippen LogP contribution < -0.4 is 0 Å². The van der Waals surface area contributed by atoms with E-state index in [0.29, 0.717) is 5.92 Å². The molecule has 0 radical (unpaired) electrons. The van der Waals surface area contributed by atoms with Gasteiger partial charge in [0.1, 0.15) is 0 Å². The van der Waals surface area contributed by atoms with Gasteiger partial charge in [-0.25, -0.2) is 10.1 Å². The van der Waals surface area contributed by atoms with E-state index in [2.05, 4.69) is 25.3 Å². The van der Waals surface area contributed by atoms with Gasteiger partial charge >= 0.3 is 0 Å². The number of hydrogen-bond acceptors (Lipinski definition) is 4. The van der Waals surface area contributed by atoms with Crippen molar-refractivity contribution in [2.45, 2.75) is 51.6 Å². The molecule has 0 aromatic rings. The van der Waals surface area contributed by atoms with Crippen molar-refractivity contribution in [3.8, 4) is 0 Å². The summed E-state index contributed by atoms with van der Waals surface area (Å²) in [6.45, 7) is 8.88. The standard InChI is InChI=1S/C16H24O4/c1-10-7-13-9-15(3,11(10)2)6-5-12-8-14(20-17)19-16(12,13)18-4/h8,10,13-14,17H,2,5-7,9H2,1,3-4H3. The highest BCUT2D eigenvalue weighted by Crippen LogP contribution is 2.58. The van der Waals surface area contributed by atoms with Gasteiger partial charge in [0.2, 0.25) is 6.29 Å². The van der Waals surface area contributed by atoms with E-state index in [1.54, 1.807) is 7.11 Å². The predicted octanol–water partition coefficient (Wildman–Crippen LogP) is 3.50. The van der Waals surface area contributed by atoms with Crippen molar-refractivity contribution in [1.29, 1.82) is 0 Å². The maximum atomic E-state index is 8.92. The molecule has 20 heavy (non-hydrogen) atoms. The molecule has 0 aromatic carbocycles. The molecule has 0 spiro atoms. The molecule has 2 saturated carbocycles. The van der Waals surface area contributed by atoms with Gasteiger partial charge in [0.05, 0.1) is 0 Å². The molecule has 1 aliphatic heterocycles. The molecule has 0 aromatic heterocycles. The second-order valence-corrected chi connectivity index (χ2v) is 6.78. The summed E-state index contributed by atoms with van der Waals surface area (Å²) in [6, 6.07) is 0. The van der Waals surface area contributed by atoms with Crippen LogP contribution in [0.1, 0.15) is 39.5 Å². The summed E-state index contributed by atoms with van der Waals surface area (Å²) >= 11 is 0. The van der Waals surface area contributed by atoms with Crippen molar-refractivity contribution in [3.63, 3.8) is 0 Å². The van der Waals surface area contributed by atoms with Crippen LogP contribution in [0.4, 0.5) is 0 Å². The first kappa shape index (κ1) is 14.3. The Hall–Kier alpha value is -0.680. The highest BCUT2D eigenvalue weighted by atomic mass is 17.1. The Morgan fingerprint density at radius 1 is 1.50 bits per heavy atom. The van der Waals surface area contributed by atoms with Gasteiger partial charge in [-0.1, -0.05) is 26.0 Å². The van der Waals surface area contributed by atoms with Gasteiger partial charge in [0, 0.05) is 13.0 Å². The maximum absolute atomic E-state index is 8.92. The second kappa shape index (κ2) is 4.67. The van der Waals surface area contributed by atoms with Crippen LogP contribution in [-0.2, 0) is 14.4 Å². The topological polar surface area (TPSA) is 47.9 Å². The fraction of sp³-hybridized carbons (Fsp3) is 0.750. The largest absolute Gasteiger partial charge is 0.349 e. The number of rotatable bonds is 2. The minimum atomic E-state index is -0.736. The van der Waals surface area contributed by atoms with E-state index < -0.39 is 12.1 Å². The van der Waals surface area contributed by atoms with Crippen LogP contribution >= 0.6 is 0 Å². The van der Waals surface area contributed by atoms with Crippen LogP contribution in [0.15, 0.2) is 23.8 Å². The number of ether oxygens (including phenoxy) is 2. The third-order valence-electron chi connectivity index (χ3n) is 5.67. The zero-order valence-corrected chi connectivity index (χ0v) is 12.5. The number of fused-ring (bicyclic) bond motifs is 4. The summed E-state index contributed by atoms with van der Waals surface area (Å²) in [5.74, 6) is -0.00477. The molecule has 112 valence electrons. The SMILES string of the molecule is C=C1C(C)CC2CC1(C)CCC1=CC(OO)OC12OC. The summed E-state index contributed by atoms with van der Waals surface area (Å²) in [7, 11) is 1.68. The normalized spacial score (nSPS) is 47.7. The zero-order valence-electron chi connectivity index (χ0n) is 12.5. The van der Waals surface area contributed by atoms with Gasteiger partial charge in [-0.15, -0.1) is 0 Å². The maximum Gasteiger partial charge on any atom is 0.213 e. The first-order valence-electron chi connectivity index (χ1n) is 7.39. The summed E-state index contributed by atoms with van der Waals surface area (Å²) in [6.07, 6.45) is 5.10. The molecule has 0 saturated heterocycles. The van der Waals surface area contributed by atoms with Crippen molar-refractivity contribution in [3.05, 3.63) is 23.8 Å². The average molecular weight is 280 g/mol. The molecule has 3 rings (SSSR count). The Morgan fingerprint density at radius 2 is 2.25 bits per heavy atom. The van der Waals surface area contributed by atoms with Crippen LogP contribution in [0.25, 0.3) is 0 Å². The quantitative estimate of drug-likeness (QED) is 0.478. The second-order valence-electron chi connectivity index (χ2n) is 6.78. The summed E-state index contributed by atoms with van der Waals surface area (Å²) < 4.78 is 11.7. The Kier molecular flexibility index (Phi) is 3.33. The third kappa shape index (κ3) is 1.82. The van der Waals surface area contributed by atoms with Crippen molar-refractivity contribution >= 4 is 0 Å². The summed E-state index contributed by atoms with van der Waals surface area (Å²) in [5.41, 5.74) is 2.61. The first-order valence-corrected chi connectivity index (χ1v) is 7.39. The van der Waals surface area contributed by atoms with E-state index in [9.17, 15) is 0 Å². The summed E-state index contributed by atoms with van der Waals surface area (Å²) in [5, 5.41) is 8.92. The predicted molar refractivity (Wildman–Crippen MR) is 74.8 cm³/mol. The molecule has 4 nitrogen and oxygen atoms in total. The number of allylic oxidation sites excluding steroid dienone is 1. The molecular weight excluding hydrogens is 256 g/mol. The lowest BCUT2D eigenvalue weighted by molar-refractivity contribution is -0.372. The van der Waals surface area contributed by atoms with Crippen LogP contribution in [0.5, 0.6) is 0 Å². The van der Waals surface area contributed by atoms with Crippen LogP contribution in [0.3, 0.4) is 0 Å². The highest BCUT2D eigenvalue weighted by molar-refractivity contribution is 5.29. The van der Waals surface area contributed by atoms with Gasteiger partial charge in [0.15, 0.2) is 5.79 Å². The van der Waals surface area contributed by atoms with Crippen LogP contribution in [0, 0.1) is 17.3 Å².